The minimum Gasteiger partial charge on any atom is -0.395 e. The van der Waals surface area contributed by atoms with Crippen molar-refractivity contribution in [3.63, 3.8) is 0 Å². The number of carbonyl (C=O) groups excluding carboxylic acids is 1. The van der Waals surface area contributed by atoms with Crippen molar-refractivity contribution in [1.82, 2.24) is 19.7 Å². The lowest BCUT2D eigenvalue weighted by Gasteiger charge is -2.17. The van der Waals surface area contributed by atoms with Crippen molar-refractivity contribution in [2.24, 2.45) is 7.05 Å². The highest BCUT2D eigenvalue weighted by molar-refractivity contribution is 5.97. The molecule has 0 unspecified atom stereocenters. The Morgan fingerprint density at radius 3 is 2.65 bits per heavy atom. The molecule has 0 fully saturated rings. The predicted octanol–water partition coefficient (Wildman–Crippen LogP) is 1.29. The van der Waals surface area contributed by atoms with E-state index in [1.54, 1.807) is 25.9 Å². The maximum Gasteiger partial charge on any atom is 0.274 e. The summed E-state index contributed by atoms with van der Waals surface area (Å²) < 4.78 is 1.52. The van der Waals surface area contributed by atoms with E-state index in [0.29, 0.717) is 23.6 Å². The Balaban J connectivity index is 2.21. The number of hydrogen-bond acceptors (Lipinski definition) is 4. The van der Waals surface area contributed by atoms with Crippen molar-refractivity contribution in [3.8, 4) is 0 Å². The Labute approximate surface area is 118 Å². The van der Waals surface area contributed by atoms with Gasteiger partial charge < -0.3 is 10.6 Å². The van der Waals surface area contributed by atoms with Gasteiger partial charge in [0.2, 0.25) is 0 Å². The van der Waals surface area contributed by atoms with E-state index in [0.717, 1.165) is 11.4 Å². The number of rotatable bonds is 3. The topological polar surface area (TPSA) is 77.0 Å². The molecule has 0 aromatic carbocycles. The molecule has 20 heavy (non-hydrogen) atoms. The average molecular weight is 273 g/mol. The number of pyridine rings is 1. The largest absolute Gasteiger partial charge is 0.395 e. The molecule has 0 aliphatic carbocycles. The highest BCUT2D eigenvalue weighted by Gasteiger charge is 2.21. The van der Waals surface area contributed by atoms with Gasteiger partial charge in [0.15, 0.2) is 0 Å². The van der Waals surface area contributed by atoms with E-state index in [-0.39, 0.29) is 5.91 Å². The van der Waals surface area contributed by atoms with Crippen molar-refractivity contribution < 1.29 is 4.79 Å². The van der Waals surface area contributed by atoms with Gasteiger partial charge in [-0.25, -0.2) is 0 Å². The first-order chi connectivity index (χ1) is 9.40. The van der Waals surface area contributed by atoms with Crippen LogP contribution < -0.4 is 5.73 Å². The summed E-state index contributed by atoms with van der Waals surface area (Å²) in [4.78, 5) is 18.4. The molecule has 1 amide bonds. The van der Waals surface area contributed by atoms with Crippen molar-refractivity contribution in [2.45, 2.75) is 20.4 Å². The van der Waals surface area contributed by atoms with Crippen LogP contribution in [0.5, 0.6) is 0 Å². The lowest BCUT2D eigenvalue weighted by molar-refractivity contribution is 0.0773. The van der Waals surface area contributed by atoms with Crippen molar-refractivity contribution in [2.75, 3.05) is 12.8 Å². The number of nitrogens with two attached hydrogens (primary N) is 1. The molecule has 6 nitrogen and oxygen atoms in total. The third kappa shape index (κ3) is 2.64. The second-order valence-corrected chi connectivity index (χ2v) is 4.90. The summed E-state index contributed by atoms with van der Waals surface area (Å²) in [5, 5.41) is 4.16. The molecule has 0 bridgehead atoms. The summed E-state index contributed by atoms with van der Waals surface area (Å²) in [6.45, 7) is 4.15. The molecular weight excluding hydrogens is 254 g/mol. The Kier molecular flexibility index (Phi) is 3.74. The summed E-state index contributed by atoms with van der Waals surface area (Å²) in [6.07, 6.45) is 0. The molecule has 2 aromatic rings. The van der Waals surface area contributed by atoms with Crippen LogP contribution in [0, 0.1) is 13.8 Å². The molecule has 2 aromatic heterocycles. The second kappa shape index (κ2) is 5.32. The molecule has 0 saturated heterocycles. The third-order valence-electron chi connectivity index (χ3n) is 3.16. The fourth-order valence-corrected chi connectivity index (χ4v) is 2.11. The molecule has 2 N–H and O–H groups in total. The molecule has 0 aliphatic rings. The lowest BCUT2D eigenvalue weighted by Crippen LogP contribution is -2.29. The van der Waals surface area contributed by atoms with E-state index in [2.05, 4.69) is 10.1 Å². The molecule has 0 saturated carbocycles. The minimum atomic E-state index is -0.158. The van der Waals surface area contributed by atoms with Crippen molar-refractivity contribution in [3.05, 3.63) is 41.0 Å². The average Bonchev–Trinajstić information content (AvgIpc) is 2.62. The quantitative estimate of drug-likeness (QED) is 0.914. The Bertz CT molecular complexity index is 647. The Morgan fingerprint density at radius 2 is 2.10 bits per heavy atom. The lowest BCUT2D eigenvalue weighted by atomic mass is 10.2. The number of aryl methyl sites for hydroxylation is 3. The fourth-order valence-electron chi connectivity index (χ4n) is 2.11. The van der Waals surface area contributed by atoms with Crippen LogP contribution in [-0.4, -0.2) is 32.6 Å². The van der Waals surface area contributed by atoms with E-state index < -0.39 is 0 Å². The standard InChI is InChI=1S/C14H19N5O/c1-9-6-5-7-11(16-9)8-18(3)14(20)13-12(15)10(2)17-19(13)4/h5-7H,8,15H2,1-4H3. The molecule has 0 atom stereocenters. The summed E-state index contributed by atoms with van der Waals surface area (Å²) in [7, 11) is 3.45. The van der Waals surface area contributed by atoms with E-state index in [1.807, 2.05) is 25.1 Å². The summed E-state index contributed by atoms with van der Waals surface area (Å²) in [5.41, 5.74) is 9.20. The van der Waals surface area contributed by atoms with Crippen LogP contribution in [0.25, 0.3) is 0 Å². The predicted molar refractivity (Wildman–Crippen MR) is 77.1 cm³/mol. The van der Waals surface area contributed by atoms with Gasteiger partial charge in [0.05, 0.1) is 23.6 Å². The van der Waals surface area contributed by atoms with E-state index >= 15 is 0 Å². The summed E-state index contributed by atoms with van der Waals surface area (Å²) in [5.74, 6) is -0.158. The number of nitrogen functional groups attached to an aromatic ring is 1. The first kappa shape index (κ1) is 14.0. The monoisotopic (exact) mass is 273 g/mol. The Morgan fingerprint density at radius 1 is 1.40 bits per heavy atom. The van der Waals surface area contributed by atoms with Gasteiger partial charge in [-0.05, 0) is 26.0 Å². The van der Waals surface area contributed by atoms with Crippen LogP contribution in [0.4, 0.5) is 5.69 Å². The van der Waals surface area contributed by atoms with E-state index in [9.17, 15) is 4.79 Å². The molecule has 0 radical (unpaired) electrons. The smallest absolute Gasteiger partial charge is 0.274 e. The second-order valence-electron chi connectivity index (χ2n) is 4.90. The molecular formula is C14H19N5O. The number of nitrogens with zero attached hydrogens (tertiary/aromatic N) is 4. The third-order valence-corrected chi connectivity index (χ3v) is 3.16. The summed E-state index contributed by atoms with van der Waals surface area (Å²) in [6, 6.07) is 5.75. The van der Waals surface area contributed by atoms with Gasteiger partial charge in [0, 0.05) is 19.8 Å². The molecule has 6 heteroatoms. The maximum absolute atomic E-state index is 12.4. The van der Waals surface area contributed by atoms with E-state index in [4.69, 9.17) is 5.73 Å². The number of aromatic nitrogens is 3. The highest BCUT2D eigenvalue weighted by Crippen LogP contribution is 2.17. The zero-order valence-electron chi connectivity index (χ0n) is 12.2. The first-order valence-electron chi connectivity index (χ1n) is 6.37. The van der Waals surface area contributed by atoms with Crippen LogP contribution >= 0.6 is 0 Å². The Hall–Kier alpha value is -2.37. The molecule has 0 spiro atoms. The first-order valence-corrected chi connectivity index (χ1v) is 6.37. The van der Waals surface area contributed by atoms with Gasteiger partial charge >= 0.3 is 0 Å². The van der Waals surface area contributed by atoms with Gasteiger partial charge in [0.25, 0.3) is 5.91 Å². The van der Waals surface area contributed by atoms with Crippen LogP contribution in [0.3, 0.4) is 0 Å². The van der Waals surface area contributed by atoms with Crippen LogP contribution in [0.2, 0.25) is 0 Å². The number of carbonyl (C=O) groups is 1. The molecule has 2 heterocycles. The van der Waals surface area contributed by atoms with E-state index in [1.165, 1.54) is 4.68 Å². The van der Waals surface area contributed by atoms with Crippen molar-refractivity contribution in [1.29, 1.82) is 0 Å². The zero-order chi connectivity index (χ0) is 14.9. The SMILES string of the molecule is Cc1cccc(CN(C)C(=O)c2c(N)c(C)nn2C)n1. The summed E-state index contributed by atoms with van der Waals surface area (Å²) >= 11 is 0. The van der Waals surface area contributed by atoms with Crippen LogP contribution in [0.1, 0.15) is 27.6 Å². The van der Waals surface area contributed by atoms with Crippen LogP contribution in [-0.2, 0) is 13.6 Å². The van der Waals surface area contributed by atoms with Crippen molar-refractivity contribution >= 4 is 11.6 Å². The van der Waals surface area contributed by atoms with Gasteiger partial charge in [-0.2, -0.15) is 5.10 Å². The van der Waals surface area contributed by atoms with Gasteiger partial charge in [-0.1, -0.05) is 6.07 Å². The zero-order valence-corrected chi connectivity index (χ0v) is 12.2. The van der Waals surface area contributed by atoms with Gasteiger partial charge in [-0.15, -0.1) is 0 Å². The molecule has 106 valence electrons. The van der Waals surface area contributed by atoms with Gasteiger partial charge in [0.1, 0.15) is 5.69 Å². The fraction of sp³-hybridized carbons (Fsp3) is 0.357. The number of anilines is 1. The van der Waals surface area contributed by atoms with Crippen LogP contribution in [0.15, 0.2) is 18.2 Å². The normalized spacial score (nSPS) is 10.6. The minimum absolute atomic E-state index is 0.158. The number of amides is 1. The van der Waals surface area contributed by atoms with Gasteiger partial charge in [-0.3, -0.25) is 14.5 Å². The molecule has 2 rings (SSSR count). The molecule has 0 aliphatic heterocycles. The maximum atomic E-state index is 12.4. The number of hydrogen-bond donors (Lipinski definition) is 1. The highest BCUT2D eigenvalue weighted by atomic mass is 16.2.